The normalized spacial score (nSPS) is 16.2. The van der Waals surface area contributed by atoms with E-state index in [9.17, 15) is 4.79 Å². The number of nitrogen functional groups attached to an aromatic ring is 1. The fraction of sp³-hybridized carbons (Fsp3) is 0.500. The second-order valence-electron chi connectivity index (χ2n) is 5.17. The van der Waals surface area contributed by atoms with E-state index in [1.165, 1.54) is 12.8 Å². The summed E-state index contributed by atoms with van der Waals surface area (Å²) in [6.07, 6.45) is 2.49. The zero-order valence-corrected chi connectivity index (χ0v) is 11.2. The molecule has 0 radical (unpaired) electrons. The van der Waals surface area contributed by atoms with Crippen LogP contribution in [0.15, 0.2) is 18.2 Å². The third-order valence-corrected chi connectivity index (χ3v) is 3.86. The summed E-state index contributed by atoms with van der Waals surface area (Å²) in [5, 5.41) is 0. The van der Waals surface area contributed by atoms with Gasteiger partial charge in [0, 0.05) is 18.7 Å². The average molecular weight is 247 g/mol. The molecule has 3 N–H and O–H groups in total. The van der Waals surface area contributed by atoms with Gasteiger partial charge in [0.2, 0.25) is 0 Å². The van der Waals surface area contributed by atoms with E-state index in [4.69, 9.17) is 5.84 Å². The quantitative estimate of drug-likeness (QED) is 0.633. The fourth-order valence-electron chi connectivity index (χ4n) is 2.24. The lowest BCUT2D eigenvalue weighted by atomic mass is 10.1. The molecule has 4 nitrogen and oxygen atoms in total. The molecule has 0 aliphatic heterocycles. The molecule has 0 heterocycles. The molecule has 98 valence electrons. The third kappa shape index (κ3) is 2.48. The standard InChI is InChI=1S/C14H21N3O/c1-9-8-12(6-7-13(9)16-15)14(18)17(3)10(2)11-4-5-11/h6-8,10-11,16H,4-5,15H2,1-3H3. The summed E-state index contributed by atoms with van der Waals surface area (Å²) in [6.45, 7) is 4.06. The fourth-order valence-corrected chi connectivity index (χ4v) is 2.24. The molecule has 1 saturated carbocycles. The van der Waals surface area contributed by atoms with Crippen LogP contribution in [0.5, 0.6) is 0 Å². The largest absolute Gasteiger partial charge is 0.339 e. The van der Waals surface area contributed by atoms with Crippen LogP contribution < -0.4 is 11.3 Å². The first kappa shape index (κ1) is 12.9. The van der Waals surface area contributed by atoms with Gasteiger partial charge < -0.3 is 10.3 Å². The molecule has 4 heteroatoms. The maximum atomic E-state index is 12.3. The van der Waals surface area contributed by atoms with E-state index in [0.29, 0.717) is 12.0 Å². The topological polar surface area (TPSA) is 58.4 Å². The predicted octanol–water partition coefficient (Wildman–Crippen LogP) is 2.15. The van der Waals surface area contributed by atoms with E-state index < -0.39 is 0 Å². The van der Waals surface area contributed by atoms with Crippen molar-refractivity contribution in [2.75, 3.05) is 12.5 Å². The van der Waals surface area contributed by atoms with Gasteiger partial charge >= 0.3 is 0 Å². The Labute approximate surface area is 108 Å². The molecule has 2 rings (SSSR count). The maximum Gasteiger partial charge on any atom is 0.253 e. The van der Waals surface area contributed by atoms with Gasteiger partial charge in [0.05, 0.1) is 5.69 Å². The molecule has 1 aromatic carbocycles. The van der Waals surface area contributed by atoms with Crippen LogP contribution in [-0.4, -0.2) is 23.9 Å². The maximum absolute atomic E-state index is 12.3. The van der Waals surface area contributed by atoms with Gasteiger partial charge in [0.1, 0.15) is 0 Å². The number of hydrogen-bond acceptors (Lipinski definition) is 3. The van der Waals surface area contributed by atoms with Crippen molar-refractivity contribution in [3.8, 4) is 0 Å². The van der Waals surface area contributed by atoms with Crippen LogP contribution in [-0.2, 0) is 0 Å². The number of nitrogens with zero attached hydrogens (tertiary/aromatic N) is 1. The smallest absolute Gasteiger partial charge is 0.253 e. The molecule has 18 heavy (non-hydrogen) atoms. The Morgan fingerprint density at radius 1 is 1.50 bits per heavy atom. The molecule has 0 aromatic heterocycles. The summed E-state index contributed by atoms with van der Waals surface area (Å²) < 4.78 is 0. The Balaban J connectivity index is 2.14. The van der Waals surface area contributed by atoms with Crippen molar-refractivity contribution in [2.24, 2.45) is 11.8 Å². The molecule has 1 aromatic rings. The van der Waals surface area contributed by atoms with Gasteiger partial charge in [-0.3, -0.25) is 10.6 Å². The zero-order chi connectivity index (χ0) is 13.3. The van der Waals surface area contributed by atoms with E-state index in [-0.39, 0.29) is 5.91 Å². The number of benzene rings is 1. The minimum absolute atomic E-state index is 0.0843. The highest BCUT2D eigenvalue weighted by Crippen LogP contribution is 2.35. The summed E-state index contributed by atoms with van der Waals surface area (Å²) in [7, 11) is 1.88. The lowest BCUT2D eigenvalue weighted by Gasteiger charge is -2.25. The van der Waals surface area contributed by atoms with Crippen molar-refractivity contribution in [3.63, 3.8) is 0 Å². The molecule has 1 aliphatic rings. The van der Waals surface area contributed by atoms with Gasteiger partial charge in [-0.25, -0.2) is 0 Å². The molecule has 0 spiro atoms. The second-order valence-corrected chi connectivity index (χ2v) is 5.17. The average Bonchev–Trinajstić information content (AvgIpc) is 3.20. The number of hydrogen-bond donors (Lipinski definition) is 2. The minimum Gasteiger partial charge on any atom is -0.339 e. The van der Waals surface area contributed by atoms with Crippen LogP contribution in [0.25, 0.3) is 0 Å². The monoisotopic (exact) mass is 247 g/mol. The molecule has 1 fully saturated rings. The Hall–Kier alpha value is -1.55. The first-order valence-corrected chi connectivity index (χ1v) is 6.39. The molecular weight excluding hydrogens is 226 g/mol. The van der Waals surface area contributed by atoms with Crippen LogP contribution in [0, 0.1) is 12.8 Å². The molecule has 1 atom stereocenters. The van der Waals surface area contributed by atoms with Gasteiger partial charge in [0.25, 0.3) is 5.91 Å². The van der Waals surface area contributed by atoms with E-state index in [1.807, 2.05) is 37.1 Å². The first-order valence-electron chi connectivity index (χ1n) is 6.39. The van der Waals surface area contributed by atoms with Gasteiger partial charge in [0.15, 0.2) is 0 Å². The lowest BCUT2D eigenvalue weighted by molar-refractivity contribution is 0.0727. The highest BCUT2D eigenvalue weighted by Gasteiger charge is 2.32. The van der Waals surface area contributed by atoms with Crippen molar-refractivity contribution < 1.29 is 4.79 Å². The number of aryl methyl sites for hydroxylation is 1. The van der Waals surface area contributed by atoms with E-state index in [0.717, 1.165) is 16.8 Å². The minimum atomic E-state index is 0.0843. The Kier molecular flexibility index (Phi) is 3.57. The van der Waals surface area contributed by atoms with E-state index in [2.05, 4.69) is 12.3 Å². The summed E-state index contributed by atoms with van der Waals surface area (Å²) in [6, 6.07) is 5.87. The Bertz CT molecular complexity index is 454. The Morgan fingerprint density at radius 2 is 2.17 bits per heavy atom. The molecule has 1 aliphatic carbocycles. The number of rotatable bonds is 4. The number of nitrogens with two attached hydrogens (primary N) is 1. The van der Waals surface area contributed by atoms with E-state index >= 15 is 0 Å². The van der Waals surface area contributed by atoms with Crippen LogP contribution in [0.1, 0.15) is 35.7 Å². The summed E-state index contributed by atoms with van der Waals surface area (Å²) in [5.41, 5.74) is 5.17. The lowest BCUT2D eigenvalue weighted by Crippen LogP contribution is -2.36. The van der Waals surface area contributed by atoms with Gasteiger partial charge in [-0.15, -0.1) is 0 Å². The molecule has 1 amide bonds. The van der Waals surface area contributed by atoms with Crippen molar-refractivity contribution >= 4 is 11.6 Å². The van der Waals surface area contributed by atoms with Gasteiger partial charge in [-0.2, -0.15) is 0 Å². The SMILES string of the molecule is Cc1cc(C(=O)N(C)C(C)C2CC2)ccc1NN. The van der Waals surface area contributed by atoms with Crippen LogP contribution in [0.4, 0.5) is 5.69 Å². The highest BCUT2D eigenvalue weighted by atomic mass is 16.2. The van der Waals surface area contributed by atoms with Crippen molar-refractivity contribution in [1.82, 2.24) is 4.90 Å². The summed E-state index contributed by atoms with van der Waals surface area (Å²) in [4.78, 5) is 14.2. The zero-order valence-electron chi connectivity index (χ0n) is 11.2. The summed E-state index contributed by atoms with van der Waals surface area (Å²) in [5.74, 6) is 6.16. The van der Waals surface area contributed by atoms with Gasteiger partial charge in [-0.1, -0.05) is 0 Å². The molecule has 0 bridgehead atoms. The van der Waals surface area contributed by atoms with Crippen LogP contribution in [0.2, 0.25) is 0 Å². The van der Waals surface area contributed by atoms with Crippen LogP contribution >= 0.6 is 0 Å². The van der Waals surface area contributed by atoms with Gasteiger partial charge in [-0.05, 0) is 56.4 Å². The number of amides is 1. The predicted molar refractivity (Wildman–Crippen MR) is 73.3 cm³/mol. The number of carbonyl (C=O) groups excluding carboxylic acids is 1. The second kappa shape index (κ2) is 4.98. The van der Waals surface area contributed by atoms with Crippen molar-refractivity contribution in [2.45, 2.75) is 32.7 Å². The number of carbonyl (C=O) groups is 1. The Morgan fingerprint density at radius 3 is 2.67 bits per heavy atom. The number of anilines is 1. The number of hydrazine groups is 1. The van der Waals surface area contributed by atoms with Crippen LogP contribution in [0.3, 0.4) is 0 Å². The van der Waals surface area contributed by atoms with E-state index in [1.54, 1.807) is 0 Å². The van der Waals surface area contributed by atoms with Crippen molar-refractivity contribution in [3.05, 3.63) is 29.3 Å². The first-order chi connectivity index (χ1) is 8.54. The molecular formula is C14H21N3O. The van der Waals surface area contributed by atoms with Crippen molar-refractivity contribution in [1.29, 1.82) is 0 Å². The molecule has 0 saturated heterocycles. The highest BCUT2D eigenvalue weighted by molar-refractivity contribution is 5.95. The number of nitrogens with one attached hydrogen (secondary N) is 1. The third-order valence-electron chi connectivity index (χ3n) is 3.86. The molecule has 1 unspecified atom stereocenters. The summed E-state index contributed by atoms with van der Waals surface area (Å²) >= 11 is 0.